The molecular formula is C10H6F5N. The fraction of sp³-hybridized carbons (Fsp3) is 0.300. The third kappa shape index (κ3) is 1.79. The van der Waals surface area contributed by atoms with Crippen molar-refractivity contribution >= 4 is 5.71 Å². The molecule has 0 spiro atoms. The van der Waals surface area contributed by atoms with Gasteiger partial charge in [0.15, 0.2) is 11.6 Å². The Balaban J connectivity index is 2.58. The maximum absolute atomic E-state index is 12.9. The molecule has 0 amide bonds. The minimum absolute atomic E-state index is 0.0626. The Kier molecular flexibility index (Phi) is 2.44. The summed E-state index contributed by atoms with van der Waals surface area (Å²) in [6.07, 6.45) is -4.45. The van der Waals surface area contributed by atoms with E-state index in [0.717, 1.165) is 6.07 Å². The van der Waals surface area contributed by atoms with Gasteiger partial charge in [-0.1, -0.05) is 0 Å². The molecule has 0 saturated heterocycles. The molecule has 0 aromatic heterocycles. The van der Waals surface area contributed by atoms with E-state index in [9.17, 15) is 22.0 Å². The first kappa shape index (κ1) is 11.0. The number of hydrogen-bond acceptors (Lipinski definition) is 1. The summed E-state index contributed by atoms with van der Waals surface area (Å²) in [6.45, 7) is -0.0626. The molecule has 0 radical (unpaired) electrons. The van der Waals surface area contributed by atoms with Crippen molar-refractivity contribution in [3.05, 3.63) is 34.9 Å². The van der Waals surface area contributed by atoms with Crippen molar-refractivity contribution in [2.75, 3.05) is 6.54 Å². The second-order valence-corrected chi connectivity index (χ2v) is 3.40. The highest BCUT2D eigenvalue weighted by Crippen LogP contribution is 2.29. The molecule has 86 valence electrons. The molecule has 0 bridgehead atoms. The average Bonchev–Trinajstić information content (AvgIpc) is 2.17. The maximum atomic E-state index is 12.9. The topological polar surface area (TPSA) is 12.4 Å². The van der Waals surface area contributed by atoms with E-state index < -0.39 is 23.5 Å². The molecule has 1 nitrogen and oxygen atoms in total. The van der Waals surface area contributed by atoms with Gasteiger partial charge in [-0.25, -0.2) is 8.78 Å². The predicted octanol–water partition coefficient (Wildman–Crippen LogP) is 2.87. The molecular weight excluding hydrogens is 229 g/mol. The molecule has 16 heavy (non-hydrogen) atoms. The highest BCUT2D eigenvalue weighted by molar-refractivity contribution is 6.06. The second kappa shape index (κ2) is 3.54. The Morgan fingerprint density at radius 2 is 1.69 bits per heavy atom. The lowest BCUT2D eigenvalue weighted by Gasteiger charge is -2.18. The summed E-state index contributed by atoms with van der Waals surface area (Å²) in [7, 11) is 0. The van der Waals surface area contributed by atoms with Crippen molar-refractivity contribution in [2.45, 2.75) is 12.6 Å². The van der Waals surface area contributed by atoms with Gasteiger partial charge in [-0.15, -0.1) is 0 Å². The zero-order chi connectivity index (χ0) is 11.9. The van der Waals surface area contributed by atoms with E-state index in [1.165, 1.54) is 0 Å². The third-order valence-corrected chi connectivity index (χ3v) is 2.32. The van der Waals surface area contributed by atoms with Gasteiger partial charge in [0.25, 0.3) is 0 Å². The zero-order valence-corrected chi connectivity index (χ0v) is 7.91. The molecule has 0 unspecified atom stereocenters. The van der Waals surface area contributed by atoms with Crippen molar-refractivity contribution in [3.8, 4) is 0 Å². The molecule has 1 aromatic rings. The van der Waals surface area contributed by atoms with Crippen LogP contribution in [0.3, 0.4) is 0 Å². The van der Waals surface area contributed by atoms with Crippen molar-refractivity contribution in [2.24, 2.45) is 4.99 Å². The lowest BCUT2D eigenvalue weighted by atomic mass is 9.97. The Morgan fingerprint density at radius 1 is 1.06 bits per heavy atom. The first-order valence-corrected chi connectivity index (χ1v) is 4.49. The number of rotatable bonds is 0. The molecule has 6 heteroatoms. The number of fused-ring (bicyclic) bond motifs is 1. The molecule has 1 heterocycles. The Hall–Kier alpha value is -1.46. The Labute approximate surface area is 87.6 Å². The van der Waals surface area contributed by atoms with Crippen molar-refractivity contribution < 1.29 is 22.0 Å². The fourth-order valence-electron chi connectivity index (χ4n) is 1.63. The van der Waals surface area contributed by atoms with Crippen LogP contribution < -0.4 is 0 Å². The number of alkyl halides is 3. The summed E-state index contributed by atoms with van der Waals surface area (Å²) >= 11 is 0. The maximum Gasteiger partial charge on any atom is 0.433 e. The monoisotopic (exact) mass is 235 g/mol. The van der Waals surface area contributed by atoms with E-state index in [1.54, 1.807) is 0 Å². The van der Waals surface area contributed by atoms with Crippen LogP contribution in [0.1, 0.15) is 11.1 Å². The average molecular weight is 235 g/mol. The van der Waals surface area contributed by atoms with Crippen molar-refractivity contribution in [1.29, 1.82) is 0 Å². The van der Waals surface area contributed by atoms with Crippen LogP contribution in [0, 0.1) is 11.6 Å². The summed E-state index contributed by atoms with van der Waals surface area (Å²) in [6, 6.07) is 1.35. The van der Waals surface area contributed by atoms with Gasteiger partial charge >= 0.3 is 6.18 Å². The van der Waals surface area contributed by atoms with Gasteiger partial charge in [-0.05, 0) is 24.1 Å². The molecule has 2 rings (SSSR count). The summed E-state index contributed by atoms with van der Waals surface area (Å²) < 4.78 is 63.2. The third-order valence-electron chi connectivity index (χ3n) is 2.32. The lowest BCUT2D eigenvalue weighted by Crippen LogP contribution is -2.28. The standard InChI is InChI=1S/C10H6F5N/c11-7-3-5-1-2-16-9(10(13,14)15)6(5)4-8(7)12/h3-4H,1-2H2. The second-order valence-electron chi connectivity index (χ2n) is 3.40. The van der Waals surface area contributed by atoms with Gasteiger partial charge in [-0.3, -0.25) is 4.99 Å². The number of hydrogen-bond donors (Lipinski definition) is 0. The van der Waals surface area contributed by atoms with Crippen LogP contribution in [0.15, 0.2) is 17.1 Å². The Bertz CT molecular complexity index is 461. The first-order chi connectivity index (χ1) is 7.39. The molecule has 0 atom stereocenters. The summed E-state index contributed by atoms with van der Waals surface area (Å²) in [5.74, 6) is -2.43. The summed E-state index contributed by atoms with van der Waals surface area (Å²) in [5, 5.41) is 0. The molecule has 0 N–H and O–H groups in total. The molecule has 1 aromatic carbocycles. The highest BCUT2D eigenvalue weighted by atomic mass is 19.4. The van der Waals surface area contributed by atoms with E-state index in [1.807, 2.05) is 0 Å². The van der Waals surface area contributed by atoms with E-state index >= 15 is 0 Å². The van der Waals surface area contributed by atoms with E-state index in [-0.39, 0.29) is 24.1 Å². The molecule has 0 aliphatic carbocycles. The summed E-state index contributed by atoms with van der Waals surface area (Å²) in [5.41, 5.74) is -1.36. The predicted molar refractivity (Wildman–Crippen MR) is 47.5 cm³/mol. The minimum atomic E-state index is -4.64. The largest absolute Gasteiger partial charge is 0.433 e. The number of nitrogens with zero attached hydrogens (tertiary/aromatic N) is 1. The Morgan fingerprint density at radius 3 is 2.31 bits per heavy atom. The van der Waals surface area contributed by atoms with Crippen LogP contribution in [0.25, 0.3) is 0 Å². The fourth-order valence-corrected chi connectivity index (χ4v) is 1.63. The van der Waals surface area contributed by atoms with Gasteiger partial charge < -0.3 is 0 Å². The van der Waals surface area contributed by atoms with Gasteiger partial charge in [0.1, 0.15) is 5.71 Å². The first-order valence-electron chi connectivity index (χ1n) is 4.49. The van der Waals surface area contributed by atoms with Crippen molar-refractivity contribution in [3.63, 3.8) is 0 Å². The lowest BCUT2D eigenvalue weighted by molar-refractivity contribution is -0.0584. The highest BCUT2D eigenvalue weighted by Gasteiger charge is 2.39. The smallest absolute Gasteiger partial charge is 0.280 e. The van der Waals surface area contributed by atoms with E-state index in [0.29, 0.717) is 6.07 Å². The van der Waals surface area contributed by atoms with Gasteiger partial charge in [0, 0.05) is 12.1 Å². The minimum Gasteiger partial charge on any atom is -0.280 e. The van der Waals surface area contributed by atoms with Crippen LogP contribution in [-0.2, 0) is 6.42 Å². The molecule has 1 aliphatic heterocycles. The quantitative estimate of drug-likeness (QED) is 0.613. The molecule has 0 saturated carbocycles. The molecule has 0 fully saturated rings. The van der Waals surface area contributed by atoms with Crippen LogP contribution >= 0.6 is 0 Å². The van der Waals surface area contributed by atoms with Crippen LogP contribution in [-0.4, -0.2) is 18.4 Å². The zero-order valence-electron chi connectivity index (χ0n) is 7.91. The van der Waals surface area contributed by atoms with Crippen molar-refractivity contribution in [1.82, 2.24) is 0 Å². The number of halogens is 5. The normalized spacial score (nSPS) is 15.7. The molecule has 1 aliphatic rings. The SMILES string of the molecule is Fc1cc2c(cc1F)C(C(F)(F)F)=NCC2. The van der Waals surface area contributed by atoms with Crippen LogP contribution in [0.5, 0.6) is 0 Å². The van der Waals surface area contributed by atoms with Gasteiger partial charge in [-0.2, -0.15) is 13.2 Å². The summed E-state index contributed by atoms with van der Waals surface area (Å²) in [4.78, 5) is 3.32. The van der Waals surface area contributed by atoms with E-state index in [2.05, 4.69) is 4.99 Å². The number of benzene rings is 1. The van der Waals surface area contributed by atoms with Gasteiger partial charge in [0.05, 0.1) is 0 Å². The van der Waals surface area contributed by atoms with Crippen LogP contribution in [0.2, 0.25) is 0 Å². The van der Waals surface area contributed by atoms with Crippen LogP contribution in [0.4, 0.5) is 22.0 Å². The van der Waals surface area contributed by atoms with E-state index in [4.69, 9.17) is 0 Å². The number of aliphatic imine (C=N–C) groups is 1. The van der Waals surface area contributed by atoms with Gasteiger partial charge in [0.2, 0.25) is 0 Å².